The first kappa shape index (κ1) is 28.5. The van der Waals surface area contributed by atoms with Gasteiger partial charge in [0.25, 0.3) is 0 Å². The minimum Gasteiger partial charge on any atom is -0.265 e. The van der Waals surface area contributed by atoms with Crippen molar-refractivity contribution in [2.75, 3.05) is 6.61 Å². The SMILES string of the molecule is O=[N+]([O-])C1CCCC(C(F)(F)F)C1COS(=O)(=O)C(F)(F)C(F)(F)OC(F)(F)C(F)(F)F. The molecule has 3 unspecified atom stereocenters. The zero-order chi connectivity index (χ0) is 25.6. The highest BCUT2D eigenvalue weighted by atomic mass is 32.2. The van der Waals surface area contributed by atoms with E-state index in [-0.39, 0.29) is 0 Å². The van der Waals surface area contributed by atoms with Crippen LogP contribution in [0.2, 0.25) is 0 Å². The molecule has 0 bridgehead atoms. The highest BCUT2D eigenvalue weighted by molar-refractivity contribution is 7.87. The molecular weight excluding hydrogens is 514 g/mol. The van der Waals surface area contributed by atoms with Crippen LogP contribution in [0.15, 0.2) is 0 Å². The third kappa shape index (κ3) is 5.67. The van der Waals surface area contributed by atoms with Crippen LogP contribution in [0.5, 0.6) is 0 Å². The number of nitro groups is 1. The molecule has 0 amide bonds. The van der Waals surface area contributed by atoms with Gasteiger partial charge in [0.1, 0.15) is 0 Å². The second kappa shape index (κ2) is 8.65. The summed E-state index contributed by atoms with van der Waals surface area (Å²) in [6.07, 6.45) is -28.2. The second-order valence-electron chi connectivity index (χ2n) is 6.48. The van der Waals surface area contributed by atoms with Gasteiger partial charge in [-0.25, -0.2) is 4.74 Å². The molecule has 0 radical (unpaired) electrons. The molecule has 1 aliphatic rings. The lowest BCUT2D eigenvalue weighted by molar-refractivity contribution is -0.541. The summed E-state index contributed by atoms with van der Waals surface area (Å²) >= 11 is 0. The molecule has 3 atom stereocenters. The van der Waals surface area contributed by atoms with Crippen LogP contribution in [0.4, 0.5) is 52.7 Å². The van der Waals surface area contributed by atoms with E-state index in [1.165, 1.54) is 0 Å². The van der Waals surface area contributed by atoms with Crippen molar-refractivity contribution < 1.29 is 74.9 Å². The maximum Gasteiger partial charge on any atom is 0.483 e. The summed E-state index contributed by atoms with van der Waals surface area (Å²) < 4.78 is 182. The molecule has 1 saturated carbocycles. The first-order valence-corrected chi connectivity index (χ1v) is 9.38. The first-order valence-electron chi connectivity index (χ1n) is 7.97. The van der Waals surface area contributed by atoms with Crippen molar-refractivity contribution in [2.24, 2.45) is 11.8 Å². The number of hydrogen-bond acceptors (Lipinski definition) is 6. The Hall–Kier alpha value is -1.57. The highest BCUT2D eigenvalue weighted by Gasteiger charge is 2.75. The first-order chi connectivity index (χ1) is 14.0. The van der Waals surface area contributed by atoms with Crippen LogP contribution < -0.4 is 0 Å². The van der Waals surface area contributed by atoms with Crippen LogP contribution in [0.25, 0.3) is 0 Å². The van der Waals surface area contributed by atoms with E-state index in [1.807, 2.05) is 0 Å². The summed E-state index contributed by atoms with van der Waals surface area (Å²) in [7, 11) is -7.25. The van der Waals surface area contributed by atoms with E-state index < -0.39 is 88.6 Å². The van der Waals surface area contributed by atoms with E-state index in [0.29, 0.717) is 0 Å². The molecule has 0 spiro atoms. The zero-order valence-electron chi connectivity index (χ0n) is 14.9. The topological polar surface area (TPSA) is 95.7 Å². The lowest BCUT2D eigenvalue weighted by atomic mass is 9.76. The fourth-order valence-corrected chi connectivity index (χ4v) is 3.62. The number of rotatable bonds is 8. The normalized spacial score (nSPS) is 24.4. The van der Waals surface area contributed by atoms with Crippen LogP contribution in [0.1, 0.15) is 19.3 Å². The van der Waals surface area contributed by atoms with Crippen LogP contribution in [0.3, 0.4) is 0 Å². The van der Waals surface area contributed by atoms with Gasteiger partial charge in [0.2, 0.25) is 6.04 Å². The van der Waals surface area contributed by atoms with Crippen molar-refractivity contribution in [1.29, 1.82) is 0 Å². The van der Waals surface area contributed by atoms with Gasteiger partial charge >= 0.3 is 39.9 Å². The summed E-state index contributed by atoms with van der Waals surface area (Å²) in [5.41, 5.74) is 0. The van der Waals surface area contributed by atoms with E-state index in [2.05, 4.69) is 4.18 Å². The molecule has 1 aliphatic carbocycles. The van der Waals surface area contributed by atoms with Crippen molar-refractivity contribution in [1.82, 2.24) is 0 Å². The van der Waals surface area contributed by atoms with Gasteiger partial charge in [-0.2, -0.15) is 61.1 Å². The Balaban J connectivity index is 3.19. The van der Waals surface area contributed by atoms with Crippen LogP contribution >= 0.6 is 0 Å². The maximum absolute atomic E-state index is 13.6. The molecule has 0 saturated heterocycles. The van der Waals surface area contributed by atoms with E-state index in [9.17, 15) is 71.2 Å². The minimum absolute atomic E-state index is 0.409. The van der Waals surface area contributed by atoms with Crippen LogP contribution in [-0.2, 0) is 19.0 Å². The molecule has 0 aromatic carbocycles. The monoisotopic (exact) mass is 525 g/mol. The van der Waals surface area contributed by atoms with E-state index in [4.69, 9.17) is 0 Å². The standard InChI is InChI=1S/C12H11F12NO6S/c13-8(14,15)6-2-1-3-7(25(26)27)5(6)4-30-32(28,29)12(23,24)11(21,22)31-10(19,20)9(16,17)18/h5-7H,1-4H2. The Bertz CT molecular complexity index is 795. The van der Waals surface area contributed by atoms with Gasteiger partial charge in [-0.05, 0) is 12.8 Å². The van der Waals surface area contributed by atoms with E-state index in [0.717, 1.165) is 0 Å². The Morgan fingerprint density at radius 3 is 1.78 bits per heavy atom. The van der Waals surface area contributed by atoms with Crippen molar-refractivity contribution in [3.63, 3.8) is 0 Å². The number of halogens is 12. The summed E-state index contributed by atoms with van der Waals surface area (Å²) in [6, 6.07) is -2.22. The molecule has 1 fully saturated rings. The minimum atomic E-state index is -7.25. The fourth-order valence-electron chi connectivity index (χ4n) is 2.80. The van der Waals surface area contributed by atoms with E-state index >= 15 is 0 Å². The Kier molecular flexibility index (Phi) is 7.70. The number of alkyl halides is 12. The van der Waals surface area contributed by atoms with Gasteiger partial charge in [0.15, 0.2) is 0 Å². The quantitative estimate of drug-likeness (QED) is 0.203. The van der Waals surface area contributed by atoms with Crippen molar-refractivity contribution in [3.8, 4) is 0 Å². The van der Waals surface area contributed by atoms with Crippen LogP contribution in [-0.4, -0.2) is 55.8 Å². The van der Waals surface area contributed by atoms with Gasteiger partial charge in [0, 0.05) is 11.3 Å². The number of nitrogens with zero attached hydrogens (tertiary/aromatic N) is 1. The number of hydrogen-bond donors (Lipinski definition) is 0. The largest absolute Gasteiger partial charge is 0.483 e. The number of ether oxygens (including phenoxy) is 1. The maximum atomic E-state index is 13.6. The molecule has 32 heavy (non-hydrogen) atoms. The van der Waals surface area contributed by atoms with Gasteiger partial charge in [0.05, 0.1) is 18.4 Å². The summed E-state index contributed by atoms with van der Waals surface area (Å²) in [6.45, 7) is -2.13. The molecular formula is C12H11F12NO6S. The van der Waals surface area contributed by atoms with Gasteiger partial charge in [-0.3, -0.25) is 14.3 Å². The van der Waals surface area contributed by atoms with Crippen molar-refractivity contribution >= 4 is 10.1 Å². The molecule has 0 aliphatic heterocycles. The fraction of sp³-hybridized carbons (Fsp3) is 1.00. The average Bonchev–Trinajstić information content (AvgIpc) is 2.56. The third-order valence-corrected chi connectivity index (χ3v) is 5.68. The average molecular weight is 525 g/mol. The second-order valence-corrected chi connectivity index (χ2v) is 8.14. The summed E-state index contributed by atoms with van der Waals surface area (Å²) in [5.74, 6) is -5.18. The predicted molar refractivity (Wildman–Crippen MR) is 74.5 cm³/mol. The van der Waals surface area contributed by atoms with Crippen LogP contribution in [0, 0.1) is 22.0 Å². The van der Waals surface area contributed by atoms with Gasteiger partial charge in [-0.1, -0.05) is 0 Å². The molecule has 0 N–H and O–H groups in total. The molecule has 190 valence electrons. The van der Waals surface area contributed by atoms with Gasteiger partial charge in [-0.15, -0.1) is 0 Å². The van der Waals surface area contributed by atoms with E-state index in [1.54, 1.807) is 4.74 Å². The molecule has 0 aromatic heterocycles. The lowest BCUT2D eigenvalue weighted by Crippen LogP contribution is -2.56. The molecule has 7 nitrogen and oxygen atoms in total. The Morgan fingerprint density at radius 1 is 0.875 bits per heavy atom. The zero-order valence-corrected chi connectivity index (χ0v) is 15.7. The lowest BCUT2D eigenvalue weighted by Gasteiger charge is -2.34. The smallest absolute Gasteiger partial charge is 0.265 e. The highest BCUT2D eigenvalue weighted by Crippen LogP contribution is 2.48. The molecule has 0 aromatic rings. The van der Waals surface area contributed by atoms with Crippen molar-refractivity contribution in [3.05, 3.63) is 10.1 Å². The van der Waals surface area contributed by atoms with Crippen molar-refractivity contribution in [2.45, 2.75) is 55.1 Å². The molecule has 1 rings (SSSR count). The summed E-state index contributed by atoms with van der Waals surface area (Å²) in [5, 5.41) is 3.95. The third-order valence-electron chi connectivity index (χ3n) is 4.37. The predicted octanol–water partition coefficient (Wildman–Crippen LogP) is 4.31. The summed E-state index contributed by atoms with van der Waals surface area (Å²) in [4.78, 5) is 9.60. The molecule has 0 heterocycles. The Labute approximate surface area is 169 Å². The molecule has 20 heteroatoms. The Morgan fingerprint density at radius 2 is 1.38 bits per heavy atom. The van der Waals surface area contributed by atoms with Gasteiger partial charge < -0.3 is 0 Å².